The number of methoxy groups -OCH3 is 1. The molecule has 26 heavy (non-hydrogen) atoms. The highest BCUT2D eigenvalue weighted by atomic mass is 19.1. The molecule has 0 aliphatic carbocycles. The lowest BCUT2D eigenvalue weighted by molar-refractivity contribution is 0.415. The van der Waals surface area contributed by atoms with Gasteiger partial charge in [-0.1, -0.05) is 18.2 Å². The summed E-state index contributed by atoms with van der Waals surface area (Å²) >= 11 is 0. The Labute approximate surface area is 145 Å². The second-order valence-electron chi connectivity index (χ2n) is 5.60. The summed E-state index contributed by atoms with van der Waals surface area (Å²) in [6.07, 6.45) is 1.13. The summed E-state index contributed by atoms with van der Waals surface area (Å²) in [5.41, 5.74) is 0.0371. The van der Waals surface area contributed by atoms with Crippen molar-refractivity contribution < 1.29 is 9.13 Å². The molecule has 130 valence electrons. The van der Waals surface area contributed by atoms with Crippen molar-refractivity contribution in [3.8, 4) is 5.75 Å². The van der Waals surface area contributed by atoms with Crippen molar-refractivity contribution in [2.24, 2.45) is 5.10 Å². The molecule has 0 amide bonds. The third-order valence-electron chi connectivity index (χ3n) is 4.05. The van der Waals surface area contributed by atoms with Gasteiger partial charge in [0.2, 0.25) is 0 Å². The van der Waals surface area contributed by atoms with E-state index < -0.39 is 17.1 Å². The standard InChI is InChI=1S/C18H13FN4O3/c1-26-11-6-7-12-14(8-11)21-16-15(12)22-18(25)23(17(16)24)20-9-10-4-2-3-5-13(10)19/h2-9,21H,1H3,(H,22,25)/b20-9-. The molecule has 8 heteroatoms. The summed E-state index contributed by atoms with van der Waals surface area (Å²) in [5.74, 6) is 0.115. The molecular weight excluding hydrogens is 339 g/mol. The quantitative estimate of drug-likeness (QED) is 0.554. The molecule has 0 radical (unpaired) electrons. The van der Waals surface area contributed by atoms with Crippen molar-refractivity contribution in [1.29, 1.82) is 0 Å². The summed E-state index contributed by atoms with van der Waals surface area (Å²) in [7, 11) is 1.54. The van der Waals surface area contributed by atoms with Crippen LogP contribution in [-0.4, -0.2) is 28.0 Å². The van der Waals surface area contributed by atoms with E-state index in [-0.39, 0.29) is 11.1 Å². The molecule has 0 unspecified atom stereocenters. The largest absolute Gasteiger partial charge is 0.497 e. The Kier molecular flexibility index (Phi) is 3.65. The van der Waals surface area contributed by atoms with Gasteiger partial charge in [-0.15, -0.1) is 4.68 Å². The Hall–Kier alpha value is -3.68. The van der Waals surface area contributed by atoms with Crippen molar-refractivity contribution in [3.63, 3.8) is 0 Å². The molecule has 4 rings (SSSR count). The molecular formula is C18H13FN4O3. The lowest BCUT2D eigenvalue weighted by atomic mass is 10.2. The lowest BCUT2D eigenvalue weighted by Crippen LogP contribution is -2.32. The van der Waals surface area contributed by atoms with Gasteiger partial charge in [-0.25, -0.2) is 9.18 Å². The first-order valence-electron chi connectivity index (χ1n) is 7.72. The van der Waals surface area contributed by atoms with Crippen LogP contribution in [0.15, 0.2) is 57.2 Å². The zero-order valence-electron chi connectivity index (χ0n) is 13.6. The van der Waals surface area contributed by atoms with Crippen LogP contribution in [0.25, 0.3) is 21.9 Å². The number of nitrogens with zero attached hydrogens (tertiary/aromatic N) is 2. The first-order chi connectivity index (χ1) is 12.6. The summed E-state index contributed by atoms with van der Waals surface area (Å²) in [4.78, 5) is 30.5. The molecule has 2 heterocycles. The number of ether oxygens (including phenoxy) is 1. The van der Waals surface area contributed by atoms with Crippen molar-refractivity contribution in [2.45, 2.75) is 0 Å². The molecule has 7 nitrogen and oxygen atoms in total. The van der Waals surface area contributed by atoms with Crippen LogP contribution in [0.2, 0.25) is 0 Å². The highest BCUT2D eigenvalue weighted by Crippen LogP contribution is 2.24. The molecule has 0 aliphatic heterocycles. The van der Waals surface area contributed by atoms with E-state index in [4.69, 9.17) is 4.74 Å². The van der Waals surface area contributed by atoms with Crippen molar-refractivity contribution >= 4 is 28.2 Å². The third-order valence-corrected chi connectivity index (χ3v) is 4.05. The summed E-state index contributed by atoms with van der Waals surface area (Å²) < 4.78 is 19.5. The monoisotopic (exact) mass is 352 g/mol. The fraction of sp³-hybridized carbons (Fsp3) is 0.0556. The van der Waals surface area contributed by atoms with E-state index in [9.17, 15) is 14.0 Å². The first-order valence-corrected chi connectivity index (χ1v) is 7.72. The van der Waals surface area contributed by atoms with E-state index in [1.54, 1.807) is 24.3 Å². The summed E-state index contributed by atoms with van der Waals surface area (Å²) in [6.45, 7) is 0. The fourth-order valence-corrected chi connectivity index (χ4v) is 2.76. The van der Waals surface area contributed by atoms with E-state index in [1.807, 2.05) is 0 Å². The maximum Gasteiger partial charge on any atom is 0.350 e. The van der Waals surface area contributed by atoms with Crippen LogP contribution in [-0.2, 0) is 0 Å². The van der Waals surface area contributed by atoms with E-state index in [2.05, 4.69) is 15.1 Å². The molecule has 0 saturated carbocycles. The topological polar surface area (TPSA) is 92.2 Å². The number of benzene rings is 2. The Morgan fingerprint density at radius 1 is 1.12 bits per heavy atom. The number of aromatic nitrogens is 3. The fourth-order valence-electron chi connectivity index (χ4n) is 2.76. The average Bonchev–Trinajstić information content (AvgIpc) is 3.00. The third kappa shape index (κ3) is 2.48. The summed E-state index contributed by atoms with van der Waals surface area (Å²) in [5, 5.41) is 4.52. The predicted molar refractivity (Wildman–Crippen MR) is 96.6 cm³/mol. The van der Waals surface area contributed by atoms with Crippen LogP contribution < -0.4 is 16.0 Å². The molecule has 0 bridgehead atoms. The van der Waals surface area contributed by atoms with Gasteiger partial charge in [0.15, 0.2) is 0 Å². The van der Waals surface area contributed by atoms with E-state index in [0.29, 0.717) is 26.8 Å². The molecule has 2 aromatic heterocycles. The summed E-state index contributed by atoms with van der Waals surface area (Å²) in [6, 6.07) is 11.1. The first kappa shape index (κ1) is 15.8. The molecule has 0 atom stereocenters. The molecule has 2 aromatic carbocycles. The van der Waals surface area contributed by atoms with Crippen molar-refractivity contribution in [1.82, 2.24) is 14.6 Å². The number of aromatic amines is 2. The van der Waals surface area contributed by atoms with Gasteiger partial charge in [0.05, 0.1) is 24.4 Å². The number of nitrogens with one attached hydrogen (secondary N) is 2. The minimum absolute atomic E-state index is 0.167. The molecule has 0 spiro atoms. The van der Waals surface area contributed by atoms with Crippen LogP contribution in [0.1, 0.15) is 5.56 Å². The van der Waals surface area contributed by atoms with E-state index in [1.165, 1.54) is 25.3 Å². The smallest absolute Gasteiger partial charge is 0.350 e. The second-order valence-corrected chi connectivity index (χ2v) is 5.60. The van der Waals surface area contributed by atoms with E-state index >= 15 is 0 Å². The molecule has 0 saturated heterocycles. The average molecular weight is 352 g/mol. The van der Waals surface area contributed by atoms with E-state index in [0.717, 1.165) is 6.21 Å². The van der Waals surface area contributed by atoms with Crippen molar-refractivity contribution in [2.75, 3.05) is 7.11 Å². The van der Waals surface area contributed by atoms with Crippen molar-refractivity contribution in [3.05, 3.63) is 74.7 Å². The van der Waals surface area contributed by atoms with Crippen LogP contribution in [0.3, 0.4) is 0 Å². The normalized spacial score (nSPS) is 11.6. The SMILES string of the molecule is COc1ccc2c(c1)[nH]c1c(=O)n(/N=C\c3ccccc3F)c(=O)[nH]c12. The molecule has 4 aromatic rings. The zero-order valence-corrected chi connectivity index (χ0v) is 13.6. The van der Waals surface area contributed by atoms with Crippen LogP contribution in [0, 0.1) is 5.82 Å². The zero-order chi connectivity index (χ0) is 18.3. The van der Waals surface area contributed by atoms with Crippen LogP contribution in [0.5, 0.6) is 5.75 Å². The molecule has 0 aliphatic rings. The van der Waals surface area contributed by atoms with Gasteiger partial charge < -0.3 is 14.7 Å². The second kappa shape index (κ2) is 5.99. The molecule has 0 fully saturated rings. The van der Waals surface area contributed by atoms with Crippen LogP contribution in [0.4, 0.5) is 4.39 Å². The van der Waals surface area contributed by atoms with Gasteiger partial charge in [-0.3, -0.25) is 4.79 Å². The number of halogens is 1. The highest BCUT2D eigenvalue weighted by molar-refractivity contribution is 6.04. The van der Waals surface area contributed by atoms with Gasteiger partial charge >= 0.3 is 11.2 Å². The van der Waals surface area contributed by atoms with Gasteiger partial charge in [-0.2, -0.15) is 5.10 Å². The highest BCUT2D eigenvalue weighted by Gasteiger charge is 2.13. The Balaban J connectivity index is 1.91. The van der Waals surface area contributed by atoms with Gasteiger partial charge in [-0.05, 0) is 18.2 Å². The minimum Gasteiger partial charge on any atom is -0.497 e. The number of hydrogen-bond acceptors (Lipinski definition) is 4. The number of rotatable bonds is 3. The maximum absolute atomic E-state index is 13.7. The predicted octanol–water partition coefficient (Wildman–Crippen LogP) is 2.20. The minimum atomic E-state index is -0.716. The lowest BCUT2D eigenvalue weighted by Gasteiger charge is -1.99. The number of hydrogen-bond donors (Lipinski definition) is 2. The number of fused-ring (bicyclic) bond motifs is 3. The Morgan fingerprint density at radius 2 is 1.92 bits per heavy atom. The van der Waals surface area contributed by atoms with Gasteiger partial charge in [0, 0.05) is 17.0 Å². The Morgan fingerprint density at radius 3 is 2.69 bits per heavy atom. The van der Waals surface area contributed by atoms with Gasteiger partial charge in [0.1, 0.15) is 17.1 Å². The van der Waals surface area contributed by atoms with Crippen LogP contribution >= 0.6 is 0 Å². The number of H-pyrrole nitrogens is 2. The Bertz CT molecular complexity index is 1280. The van der Waals surface area contributed by atoms with Gasteiger partial charge in [0.25, 0.3) is 0 Å². The molecule has 2 N–H and O–H groups in total. The maximum atomic E-state index is 13.7.